The fourth-order valence-corrected chi connectivity index (χ4v) is 4.50. The van der Waals surface area contributed by atoms with E-state index in [-0.39, 0.29) is 11.2 Å². The molecule has 0 saturated heterocycles. The van der Waals surface area contributed by atoms with Crippen LogP contribution in [0.4, 0.5) is 0 Å². The van der Waals surface area contributed by atoms with Crippen molar-refractivity contribution in [2.75, 3.05) is 5.75 Å². The van der Waals surface area contributed by atoms with E-state index in [4.69, 9.17) is 0 Å². The van der Waals surface area contributed by atoms with Gasteiger partial charge in [0.15, 0.2) is 9.84 Å². The summed E-state index contributed by atoms with van der Waals surface area (Å²) >= 11 is 0. The summed E-state index contributed by atoms with van der Waals surface area (Å²) in [4.78, 5) is 0.380. The fourth-order valence-electron chi connectivity index (χ4n) is 3.26. The van der Waals surface area contributed by atoms with Gasteiger partial charge in [-0.1, -0.05) is 75.3 Å². The maximum absolute atomic E-state index is 12.3. The molecule has 2 nitrogen and oxygen atoms in total. The molecule has 0 saturated carbocycles. The van der Waals surface area contributed by atoms with E-state index in [1.807, 2.05) is 32.9 Å². The molecule has 26 heavy (non-hydrogen) atoms. The normalized spacial score (nSPS) is 17.8. The van der Waals surface area contributed by atoms with Crippen molar-refractivity contribution in [2.24, 2.45) is 5.41 Å². The summed E-state index contributed by atoms with van der Waals surface area (Å²) in [5.74, 6) is 0.0363. The molecule has 0 fully saturated rings. The highest BCUT2D eigenvalue weighted by molar-refractivity contribution is 7.91. The zero-order valence-corrected chi connectivity index (χ0v) is 18.0. The summed E-state index contributed by atoms with van der Waals surface area (Å²) in [5, 5.41) is 0. The first-order valence-corrected chi connectivity index (χ1v) is 11.2. The van der Waals surface area contributed by atoms with Crippen LogP contribution in [0.2, 0.25) is 0 Å². The Morgan fingerprint density at radius 2 is 1.77 bits per heavy atom. The van der Waals surface area contributed by atoms with Crippen molar-refractivity contribution in [3.8, 4) is 0 Å². The van der Waals surface area contributed by atoms with Gasteiger partial charge in [0.1, 0.15) is 0 Å². The molecule has 0 spiro atoms. The van der Waals surface area contributed by atoms with Gasteiger partial charge >= 0.3 is 0 Å². The van der Waals surface area contributed by atoms with Crippen LogP contribution in [0.1, 0.15) is 60.8 Å². The van der Waals surface area contributed by atoms with E-state index < -0.39 is 9.84 Å². The predicted molar refractivity (Wildman–Crippen MR) is 113 cm³/mol. The van der Waals surface area contributed by atoms with Crippen molar-refractivity contribution in [1.82, 2.24) is 0 Å². The van der Waals surface area contributed by atoms with Crippen molar-refractivity contribution in [3.05, 3.63) is 65.3 Å². The van der Waals surface area contributed by atoms with Crippen LogP contribution in [-0.2, 0) is 9.84 Å². The first-order valence-electron chi connectivity index (χ1n) is 9.55. The Kier molecular flexibility index (Phi) is 8.55. The second kappa shape index (κ2) is 9.91. The first-order chi connectivity index (χ1) is 12.2. The van der Waals surface area contributed by atoms with Gasteiger partial charge in [0.25, 0.3) is 0 Å². The fraction of sp³-hybridized carbons (Fsp3) is 0.478. The summed E-state index contributed by atoms with van der Waals surface area (Å²) in [6.07, 6.45) is 9.64. The predicted octanol–water partition coefficient (Wildman–Crippen LogP) is 6.52. The van der Waals surface area contributed by atoms with E-state index in [1.54, 1.807) is 30.3 Å². The average Bonchev–Trinajstić information content (AvgIpc) is 2.61. The van der Waals surface area contributed by atoms with Gasteiger partial charge in [0, 0.05) is 0 Å². The maximum atomic E-state index is 12.3. The lowest BCUT2D eigenvalue weighted by Gasteiger charge is -2.32. The molecule has 0 amide bonds. The quantitative estimate of drug-likeness (QED) is 0.550. The lowest BCUT2D eigenvalue weighted by molar-refractivity contribution is 0.377. The van der Waals surface area contributed by atoms with E-state index in [0.717, 1.165) is 12.0 Å². The average molecular weight is 375 g/mol. The lowest BCUT2D eigenvalue weighted by atomic mass is 9.72. The van der Waals surface area contributed by atoms with Gasteiger partial charge in [-0.15, -0.1) is 0 Å². The van der Waals surface area contributed by atoms with Crippen molar-refractivity contribution in [3.63, 3.8) is 0 Å². The lowest BCUT2D eigenvalue weighted by Crippen LogP contribution is -2.19. The number of benzene rings is 1. The molecule has 0 N–H and O–H groups in total. The van der Waals surface area contributed by atoms with Gasteiger partial charge in [-0.05, 0) is 56.2 Å². The molecule has 1 aliphatic carbocycles. The SMILES string of the molecule is CC.CC1=C(/C=C/C(C)=C/CS(=O)(=O)c2ccccc2)C(C)(C)CCC1. The second-order valence-electron chi connectivity index (χ2n) is 7.31. The van der Waals surface area contributed by atoms with Gasteiger partial charge in [-0.3, -0.25) is 0 Å². The van der Waals surface area contributed by atoms with Crippen molar-refractivity contribution < 1.29 is 8.42 Å². The zero-order chi connectivity index (χ0) is 19.8. The monoisotopic (exact) mass is 374 g/mol. The van der Waals surface area contributed by atoms with E-state index in [2.05, 4.69) is 26.8 Å². The van der Waals surface area contributed by atoms with Gasteiger partial charge in [-0.2, -0.15) is 0 Å². The summed E-state index contributed by atoms with van der Waals surface area (Å²) in [5.41, 5.74) is 4.03. The summed E-state index contributed by atoms with van der Waals surface area (Å²) in [6.45, 7) is 12.7. The third-order valence-electron chi connectivity index (χ3n) is 4.78. The topological polar surface area (TPSA) is 34.1 Å². The molecule has 0 atom stereocenters. The minimum absolute atomic E-state index is 0.0363. The summed E-state index contributed by atoms with van der Waals surface area (Å²) in [7, 11) is -3.25. The Hall–Kier alpha value is -1.61. The van der Waals surface area contributed by atoms with Crippen LogP contribution < -0.4 is 0 Å². The number of hydrogen-bond donors (Lipinski definition) is 0. The smallest absolute Gasteiger partial charge is 0.181 e. The highest BCUT2D eigenvalue weighted by Gasteiger charge is 2.26. The number of rotatable bonds is 5. The molecule has 0 aromatic heterocycles. The number of allylic oxidation sites excluding steroid dienone is 5. The van der Waals surface area contributed by atoms with Crippen molar-refractivity contribution >= 4 is 9.84 Å². The number of hydrogen-bond acceptors (Lipinski definition) is 2. The molecule has 0 bridgehead atoms. The van der Waals surface area contributed by atoms with Crippen LogP contribution in [0.3, 0.4) is 0 Å². The Labute approximate surface area is 160 Å². The highest BCUT2D eigenvalue weighted by atomic mass is 32.2. The van der Waals surface area contributed by atoms with E-state index in [1.165, 1.54) is 24.0 Å². The summed E-state index contributed by atoms with van der Waals surface area (Å²) < 4.78 is 24.6. The Balaban J connectivity index is 0.00000163. The first kappa shape index (κ1) is 22.4. The van der Waals surface area contributed by atoms with E-state index in [9.17, 15) is 8.42 Å². The highest BCUT2D eigenvalue weighted by Crippen LogP contribution is 2.40. The van der Waals surface area contributed by atoms with Crippen LogP contribution in [0.25, 0.3) is 0 Å². The molecule has 3 heteroatoms. The molecule has 2 rings (SSSR count). The maximum Gasteiger partial charge on any atom is 0.181 e. The standard InChI is InChI=1S/C21H28O2S.C2H6/c1-17(12-13-20-18(2)9-8-15-21(20,3)4)14-16-24(22,23)19-10-6-5-7-11-19;1-2/h5-7,10-14H,8-9,15-16H2,1-4H3;1-2H3/b13-12+,17-14+;. The molecule has 0 aliphatic heterocycles. The Morgan fingerprint density at radius 3 is 2.35 bits per heavy atom. The van der Waals surface area contributed by atoms with Gasteiger partial charge in [0.05, 0.1) is 10.6 Å². The van der Waals surface area contributed by atoms with Crippen LogP contribution >= 0.6 is 0 Å². The summed E-state index contributed by atoms with van der Waals surface area (Å²) in [6, 6.07) is 8.62. The minimum atomic E-state index is -3.25. The number of sulfone groups is 1. The molecular weight excluding hydrogens is 340 g/mol. The van der Waals surface area contributed by atoms with Crippen LogP contribution in [0.5, 0.6) is 0 Å². The molecule has 0 heterocycles. The third kappa shape index (κ3) is 6.28. The second-order valence-corrected chi connectivity index (χ2v) is 9.34. The Morgan fingerprint density at radius 1 is 1.15 bits per heavy atom. The zero-order valence-electron chi connectivity index (χ0n) is 17.2. The molecule has 1 aromatic carbocycles. The largest absolute Gasteiger partial charge is 0.223 e. The molecule has 1 aromatic rings. The minimum Gasteiger partial charge on any atom is -0.223 e. The van der Waals surface area contributed by atoms with Gasteiger partial charge in [-0.25, -0.2) is 8.42 Å². The molecule has 144 valence electrons. The van der Waals surface area contributed by atoms with Crippen molar-refractivity contribution in [2.45, 2.75) is 65.7 Å². The van der Waals surface area contributed by atoms with Gasteiger partial charge < -0.3 is 0 Å². The van der Waals surface area contributed by atoms with E-state index >= 15 is 0 Å². The van der Waals surface area contributed by atoms with Gasteiger partial charge in [0.2, 0.25) is 0 Å². The molecule has 0 unspecified atom stereocenters. The molecular formula is C23H34O2S. The third-order valence-corrected chi connectivity index (χ3v) is 6.38. The van der Waals surface area contributed by atoms with E-state index in [0.29, 0.717) is 4.90 Å². The molecule has 1 aliphatic rings. The van der Waals surface area contributed by atoms with Crippen LogP contribution in [0, 0.1) is 5.41 Å². The van der Waals surface area contributed by atoms with Crippen molar-refractivity contribution in [1.29, 1.82) is 0 Å². The van der Waals surface area contributed by atoms with Crippen LogP contribution in [0.15, 0.2) is 70.2 Å². The van der Waals surface area contributed by atoms with Crippen LogP contribution in [-0.4, -0.2) is 14.2 Å². The molecule has 0 radical (unpaired) electrons. The Bertz CT molecular complexity index is 764.